The molecule has 0 aromatic carbocycles. The summed E-state index contributed by atoms with van der Waals surface area (Å²) < 4.78 is 5.16. The zero-order valence-electron chi connectivity index (χ0n) is 9.61. The van der Waals surface area contributed by atoms with E-state index in [1.807, 2.05) is 17.0 Å². The summed E-state index contributed by atoms with van der Waals surface area (Å²) in [6, 6.07) is 4.05. The quantitative estimate of drug-likeness (QED) is 0.835. The second-order valence-electron chi connectivity index (χ2n) is 4.28. The molecule has 1 aliphatic heterocycles. The lowest BCUT2D eigenvalue weighted by Crippen LogP contribution is -2.47. The Bertz CT molecular complexity index is 335. The van der Waals surface area contributed by atoms with Gasteiger partial charge in [-0.3, -0.25) is 0 Å². The molecule has 0 radical (unpaired) electrons. The molecule has 1 aromatic heterocycles. The Balaban J connectivity index is 1.83. The van der Waals surface area contributed by atoms with Gasteiger partial charge in [-0.15, -0.1) is 0 Å². The minimum absolute atomic E-state index is 0.0172. The maximum atomic E-state index is 11.9. The first kappa shape index (κ1) is 11.0. The molecule has 4 heteroatoms. The van der Waals surface area contributed by atoms with Gasteiger partial charge in [0.15, 0.2) is 0 Å². The molecule has 2 amide bonds. The summed E-state index contributed by atoms with van der Waals surface area (Å²) in [6.07, 6.45) is 5.06. The van der Waals surface area contributed by atoms with Gasteiger partial charge in [0.2, 0.25) is 0 Å². The van der Waals surface area contributed by atoms with E-state index in [-0.39, 0.29) is 6.03 Å². The number of carbonyl (C=O) groups is 1. The normalized spacial score (nSPS) is 20.8. The van der Waals surface area contributed by atoms with Crippen molar-refractivity contribution in [2.45, 2.75) is 38.8 Å². The summed E-state index contributed by atoms with van der Waals surface area (Å²) in [4.78, 5) is 13.8. The van der Waals surface area contributed by atoms with Crippen molar-refractivity contribution in [1.29, 1.82) is 0 Å². The van der Waals surface area contributed by atoms with Crippen LogP contribution < -0.4 is 5.32 Å². The summed E-state index contributed by atoms with van der Waals surface area (Å²) in [5.74, 6) is 0.790. The molecule has 1 aromatic rings. The van der Waals surface area contributed by atoms with E-state index in [2.05, 4.69) is 12.2 Å². The van der Waals surface area contributed by atoms with Crippen LogP contribution in [-0.4, -0.2) is 23.5 Å². The highest BCUT2D eigenvalue weighted by Crippen LogP contribution is 2.16. The largest absolute Gasteiger partial charge is 0.467 e. The molecule has 88 valence electrons. The fourth-order valence-electron chi connectivity index (χ4n) is 2.08. The lowest BCUT2D eigenvalue weighted by atomic mass is 10.0. The van der Waals surface area contributed by atoms with Crippen LogP contribution in [0, 0.1) is 0 Å². The first-order valence-corrected chi connectivity index (χ1v) is 5.84. The maximum Gasteiger partial charge on any atom is 0.318 e. The number of nitrogens with one attached hydrogen (secondary N) is 1. The van der Waals surface area contributed by atoms with Crippen molar-refractivity contribution in [3.63, 3.8) is 0 Å². The SMILES string of the molecule is CC1CCCCN1C(=O)NCc1ccco1. The molecule has 1 unspecified atom stereocenters. The topological polar surface area (TPSA) is 45.5 Å². The molecule has 1 atom stereocenters. The summed E-state index contributed by atoms with van der Waals surface area (Å²) in [5.41, 5.74) is 0. The lowest BCUT2D eigenvalue weighted by molar-refractivity contribution is 0.157. The molecule has 1 aliphatic rings. The van der Waals surface area contributed by atoms with Crippen molar-refractivity contribution in [2.24, 2.45) is 0 Å². The third kappa shape index (κ3) is 2.56. The number of likely N-dealkylation sites (tertiary alicyclic amines) is 1. The monoisotopic (exact) mass is 222 g/mol. The Morgan fingerprint density at radius 2 is 2.50 bits per heavy atom. The minimum Gasteiger partial charge on any atom is -0.467 e. The number of furan rings is 1. The van der Waals surface area contributed by atoms with Crippen LogP contribution in [0.5, 0.6) is 0 Å². The van der Waals surface area contributed by atoms with Crippen molar-refractivity contribution in [1.82, 2.24) is 10.2 Å². The lowest BCUT2D eigenvalue weighted by Gasteiger charge is -2.33. The highest BCUT2D eigenvalue weighted by Gasteiger charge is 2.22. The molecule has 16 heavy (non-hydrogen) atoms. The van der Waals surface area contributed by atoms with Gasteiger partial charge < -0.3 is 14.6 Å². The number of hydrogen-bond donors (Lipinski definition) is 1. The van der Waals surface area contributed by atoms with E-state index >= 15 is 0 Å². The van der Waals surface area contributed by atoms with Crippen LogP contribution >= 0.6 is 0 Å². The zero-order chi connectivity index (χ0) is 11.4. The third-order valence-electron chi connectivity index (χ3n) is 3.06. The molecule has 2 heterocycles. The Morgan fingerprint density at radius 3 is 3.19 bits per heavy atom. The van der Waals surface area contributed by atoms with Crippen LogP contribution in [0.1, 0.15) is 31.9 Å². The Kier molecular flexibility index (Phi) is 3.49. The number of amides is 2. The van der Waals surface area contributed by atoms with Gasteiger partial charge in [-0.1, -0.05) is 0 Å². The van der Waals surface area contributed by atoms with Gasteiger partial charge in [0, 0.05) is 12.6 Å². The van der Waals surface area contributed by atoms with Crippen LogP contribution in [0.15, 0.2) is 22.8 Å². The summed E-state index contributed by atoms with van der Waals surface area (Å²) in [6.45, 7) is 3.44. The number of urea groups is 1. The number of carbonyl (C=O) groups excluding carboxylic acids is 1. The predicted octanol–water partition coefficient (Wildman–Crippen LogP) is 2.36. The summed E-state index contributed by atoms with van der Waals surface area (Å²) >= 11 is 0. The predicted molar refractivity (Wildman–Crippen MR) is 61.0 cm³/mol. The first-order chi connectivity index (χ1) is 7.77. The van der Waals surface area contributed by atoms with Crippen LogP contribution in [0.3, 0.4) is 0 Å². The van der Waals surface area contributed by atoms with Gasteiger partial charge in [-0.2, -0.15) is 0 Å². The molecule has 0 saturated carbocycles. The van der Waals surface area contributed by atoms with E-state index in [0.29, 0.717) is 12.6 Å². The van der Waals surface area contributed by atoms with Gasteiger partial charge >= 0.3 is 6.03 Å². The standard InChI is InChI=1S/C12H18N2O2/c1-10-5-2-3-7-14(10)12(15)13-9-11-6-4-8-16-11/h4,6,8,10H,2-3,5,7,9H2,1H3,(H,13,15). The van der Waals surface area contributed by atoms with Gasteiger partial charge in [-0.25, -0.2) is 4.79 Å². The molecule has 1 saturated heterocycles. The van der Waals surface area contributed by atoms with Crippen LogP contribution in [0.25, 0.3) is 0 Å². The molecule has 1 N–H and O–H groups in total. The molecule has 0 spiro atoms. The third-order valence-corrected chi connectivity index (χ3v) is 3.06. The van der Waals surface area contributed by atoms with Crippen molar-refractivity contribution in [3.8, 4) is 0 Å². The van der Waals surface area contributed by atoms with Crippen LogP contribution in [-0.2, 0) is 6.54 Å². The van der Waals surface area contributed by atoms with Crippen LogP contribution in [0.2, 0.25) is 0 Å². The van der Waals surface area contributed by atoms with E-state index in [1.54, 1.807) is 6.26 Å². The van der Waals surface area contributed by atoms with Gasteiger partial charge in [0.1, 0.15) is 5.76 Å². The average Bonchev–Trinajstić information content (AvgIpc) is 2.79. The number of piperidine rings is 1. The average molecular weight is 222 g/mol. The highest BCUT2D eigenvalue weighted by molar-refractivity contribution is 5.74. The Hall–Kier alpha value is -1.45. The second kappa shape index (κ2) is 5.05. The second-order valence-corrected chi connectivity index (χ2v) is 4.28. The smallest absolute Gasteiger partial charge is 0.318 e. The van der Waals surface area contributed by atoms with E-state index in [4.69, 9.17) is 4.42 Å². The van der Waals surface area contributed by atoms with Gasteiger partial charge in [0.25, 0.3) is 0 Å². The molecule has 4 nitrogen and oxygen atoms in total. The zero-order valence-corrected chi connectivity index (χ0v) is 9.61. The molecule has 1 fully saturated rings. The Morgan fingerprint density at radius 1 is 1.62 bits per heavy atom. The summed E-state index contributed by atoms with van der Waals surface area (Å²) in [5, 5.41) is 2.88. The van der Waals surface area contributed by atoms with Crippen molar-refractivity contribution < 1.29 is 9.21 Å². The summed E-state index contributed by atoms with van der Waals surface area (Å²) in [7, 11) is 0. The maximum absolute atomic E-state index is 11.9. The minimum atomic E-state index is 0.0172. The van der Waals surface area contributed by atoms with Crippen molar-refractivity contribution in [2.75, 3.05) is 6.54 Å². The van der Waals surface area contributed by atoms with Gasteiger partial charge in [-0.05, 0) is 38.3 Å². The molecular weight excluding hydrogens is 204 g/mol. The first-order valence-electron chi connectivity index (χ1n) is 5.84. The van der Waals surface area contributed by atoms with E-state index in [0.717, 1.165) is 25.1 Å². The fraction of sp³-hybridized carbons (Fsp3) is 0.583. The van der Waals surface area contributed by atoms with Crippen molar-refractivity contribution in [3.05, 3.63) is 24.2 Å². The molecular formula is C12H18N2O2. The van der Waals surface area contributed by atoms with Crippen molar-refractivity contribution >= 4 is 6.03 Å². The van der Waals surface area contributed by atoms with Crippen LogP contribution in [0.4, 0.5) is 4.79 Å². The number of hydrogen-bond acceptors (Lipinski definition) is 2. The molecule has 0 aliphatic carbocycles. The van der Waals surface area contributed by atoms with E-state index in [1.165, 1.54) is 6.42 Å². The fourth-order valence-corrected chi connectivity index (χ4v) is 2.08. The van der Waals surface area contributed by atoms with E-state index in [9.17, 15) is 4.79 Å². The van der Waals surface area contributed by atoms with Gasteiger partial charge in [0.05, 0.1) is 12.8 Å². The number of rotatable bonds is 2. The number of nitrogens with zero attached hydrogens (tertiary/aromatic N) is 1. The molecule has 2 rings (SSSR count). The Labute approximate surface area is 95.6 Å². The van der Waals surface area contributed by atoms with E-state index < -0.39 is 0 Å². The molecule has 0 bridgehead atoms. The highest BCUT2D eigenvalue weighted by atomic mass is 16.3.